The number of piperidine rings is 1. The number of rotatable bonds is 7. The Kier molecular flexibility index (Phi) is 6.07. The topological polar surface area (TPSA) is 74.4 Å². The van der Waals surface area contributed by atoms with Crippen molar-refractivity contribution in [3.63, 3.8) is 0 Å². The van der Waals surface area contributed by atoms with Gasteiger partial charge in [-0.3, -0.25) is 9.42 Å². The molecular weight excluding hydrogens is 368 g/mol. The highest BCUT2D eigenvalue weighted by molar-refractivity contribution is 5.31. The maximum absolute atomic E-state index is 12.2. The molecule has 4 rings (SSSR count). The van der Waals surface area contributed by atoms with E-state index in [9.17, 15) is 4.79 Å². The average molecular weight is 395 g/mol. The second-order valence-corrected chi connectivity index (χ2v) is 7.38. The summed E-state index contributed by atoms with van der Waals surface area (Å²) in [6.45, 7) is 3.55. The number of benzene rings is 2. The summed E-state index contributed by atoms with van der Waals surface area (Å²) in [5.74, 6) is 0.766. The average Bonchev–Trinajstić information content (AvgIpc) is 3.14. The summed E-state index contributed by atoms with van der Waals surface area (Å²) < 4.78 is 11.9. The molecule has 2 aromatic carbocycles. The molecule has 0 bridgehead atoms. The van der Waals surface area contributed by atoms with Gasteiger partial charge in [-0.25, -0.2) is 4.79 Å². The van der Waals surface area contributed by atoms with Crippen molar-refractivity contribution in [2.75, 3.05) is 20.2 Å². The lowest BCUT2D eigenvalue weighted by Gasteiger charge is -2.32. The molecular formula is C22H27N4O3+. The first-order valence-corrected chi connectivity index (χ1v) is 9.99. The largest absolute Gasteiger partial charge is 0.497 e. The Balaban J connectivity index is 1.33. The Morgan fingerprint density at radius 1 is 1.14 bits per heavy atom. The molecule has 29 heavy (non-hydrogen) atoms. The Bertz CT molecular complexity index is 958. The molecule has 0 saturated carbocycles. The number of ether oxygens (including phenoxy) is 1. The van der Waals surface area contributed by atoms with Gasteiger partial charge in [0.15, 0.2) is 0 Å². The fraction of sp³-hybridized carbons (Fsp3) is 0.364. The fourth-order valence-electron chi connectivity index (χ4n) is 3.76. The number of aromatic nitrogens is 2. The van der Waals surface area contributed by atoms with Crippen molar-refractivity contribution in [3.05, 3.63) is 76.3 Å². The number of aromatic amines is 1. The van der Waals surface area contributed by atoms with E-state index in [2.05, 4.69) is 45.8 Å². The zero-order valence-corrected chi connectivity index (χ0v) is 16.6. The lowest BCUT2D eigenvalue weighted by atomic mass is 10.0. The predicted octanol–water partition coefficient (Wildman–Crippen LogP) is 2.01. The van der Waals surface area contributed by atoms with Crippen LogP contribution >= 0.6 is 0 Å². The third kappa shape index (κ3) is 4.75. The number of methoxy groups -OCH3 is 1. The normalized spacial score (nSPS) is 15.5. The highest BCUT2D eigenvalue weighted by Crippen LogP contribution is 2.14. The molecule has 152 valence electrons. The maximum Gasteiger partial charge on any atom is 0.431 e. The molecule has 0 radical (unpaired) electrons. The first-order chi connectivity index (χ1) is 14.2. The van der Waals surface area contributed by atoms with Crippen LogP contribution in [-0.2, 0) is 13.1 Å². The van der Waals surface area contributed by atoms with Gasteiger partial charge in [-0.15, -0.1) is 0 Å². The van der Waals surface area contributed by atoms with E-state index in [1.165, 1.54) is 5.56 Å². The van der Waals surface area contributed by atoms with Crippen LogP contribution in [0.4, 0.5) is 0 Å². The van der Waals surface area contributed by atoms with Gasteiger partial charge in [-0.05, 0) is 53.6 Å². The number of hydrogen-bond acceptors (Lipinski definition) is 5. The van der Waals surface area contributed by atoms with Gasteiger partial charge in [-0.1, -0.05) is 30.3 Å². The van der Waals surface area contributed by atoms with Crippen LogP contribution in [0.25, 0.3) is 5.69 Å². The van der Waals surface area contributed by atoms with Gasteiger partial charge in [0.1, 0.15) is 5.75 Å². The SMILES string of the molecule is COc1ccc(-[n+]2[nH]oc(=O)c2CNC2CCN(Cc3ccccc3)CC2)cc1. The quantitative estimate of drug-likeness (QED) is 0.599. The van der Waals surface area contributed by atoms with Crippen LogP contribution in [0, 0.1) is 0 Å². The first-order valence-electron chi connectivity index (χ1n) is 9.99. The molecule has 2 N–H and O–H groups in total. The minimum Gasteiger partial charge on any atom is -0.497 e. The van der Waals surface area contributed by atoms with Crippen LogP contribution < -0.4 is 20.4 Å². The Morgan fingerprint density at radius 2 is 1.86 bits per heavy atom. The first kappa shape index (κ1) is 19.4. The fourth-order valence-corrected chi connectivity index (χ4v) is 3.76. The van der Waals surface area contributed by atoms with Crippen molar-refractivity contribution >= 4 is 0 Å². The lowest BCUT2D eigenvalue weighted by molar-refractivity contribution is -0.677. The molecule has 2 heterocycles. The molecule has 1 aromatic heterocycles. The molecule has 0 aliphatic carbocycles. The summed E-state index contributed by atoms with van der Waals surface area (Å²) in [5.41, 5.74) is 2.38. The minimum absolute atomic E-state index is 0.352. The summed E-state index contributed by atoms with van der Waals surface area (Å²) >= 11 is 0. The van der Waals surface area contributed by atoms with E-state index in [0.29, 0.717) is 18.3 Å². The van der Waals surface area contributed by atoms with Crippen molar-refractivity contribution in [2.45, 2.75) is 32.0 Å². The summed E-state index contributed by atoms with van der Waals surface area (Å²) in [4.78, 5) is 14.7. The molecule has 3 aromatic rings. The van der Waals surface area contributed by atoms with Crippen molar-refractivity contribution in [1.82, 2.24) is 15.5 Å². The highest BCUT2D eigenvalue weighted by atomic mass is 16.5. The van der Waals surface area contributed by atoms with Gasteiger partial charge >= 0.3 is 11.3 Å². The number of likely N-dealkylation sites (tertiary alicyclic amines) is 1. The molecule has 1 fully saturated rings. The van der Waals surface area contributed by atoms with Gasteiger partial charge in [-0.2, -0.15) is 0 Å². The van der Waals surface area contributed by atoms with E-state index < -0.39 is 0 Å². The van der Waals surface area contributed by atoms with E-state index in [-0.39, 0.29) is 5.63 Å². The minimum atomic E-state index is -0.352. The molecule has 1 aliphatic rings. The van der Waals surface area contributed by atoms with Crippen molar-refractivity contribution in [1.29, 1.82) is 0 Å². The van der Waals surface area contributed by atoms with Crippen LogP contribution in [0.1, 0.15) is 24.1 Å². The number of nitrogens with one attached hydrogen (secondary N) is 2. The lowest BCUT2D eigenvalue weighted by Crippen LogP contribution is -2.45. The zero-order valence-electron chi connectivity index (χ0n) is 16.6. The van der Waals surface area contributed by atoms with E-state index in [0.717, 1.165) is 43.9 Å². The Labute approximate surface area is 169 Å². The highest BCUT2D eigenvalue weighted by Gasteiger charge is 2.25. The number of nitrogens with zero attached hydrogens (tertiary/aromatic N) is 2. The van der Waals surface area contributed by atoms with Crippen molar-refractivity contribution < 1.29 is 13.9 Å². The third-order valence-electron chi connectivity index (χ3n) is 5.46. The molecule has 7 heteroatoms. The monoisotopic (exact) mass is 395 g/mol. The summed E-state index contributed by atoms with van der Waals surface area (Å²) in [6.07, 6.45) is 2.12. The van der Waals surface area contributed by atoms with E-state index >= 15 is 0 Å². The summed E-state index contributed by atoms with van der Waals surface area (Å²) in [6, 6.07) is 18.4. The van der Waals surface area contributed by atoms with E-state index in [1.807, 2.05) is 24.3 Å². The molecule has 0 spiro atoms. The van der Waals surface area contributed by atoms with Gasteiger partial charge in [0, 0.05) is 24.7 Å². The molecule has 1 saturated heterocycles. The van der Waals surface area contributed by atoms with E-state index in [4.69, 9.17) is 9.26 Å². The second-order valence-electron chi connectivity index (χ2n) is 7.38. The number of hydrogen-bond donors (Lipinski definition) is 2. The van der Waals surface area contributed by atoms with Crippen LogP contribution in [-0.4, -0.2) is 36.4 Å². The van der Waals surface area contributed by atoms with Crippen LogP contribution in [0.5, 0.6) is 5.75 Å². The van der Waals surface area contributed by atoms with Crippen molar-refractivity contribution in [2.24, 2.45) is 0 Å². The van der Waals surface area contributed by atoms with Crippen LogP contribution in [0.3, 0.4) is 0 Å². The summed E-state index contributed by atoms with van der Waals surface area (Å²) in [7, 11) is 1.63. The van der Waals surface area contributed by atoms with Gasteiger partial charge < -0.3 is 10.1 Å². The molecule has 0 atom stereocenters. The zero-order chi connectivity index (χ0) is 20.1. The number of H-pyrrole nitrogens is 1. The smallest absolute Gasteiger partial charge is 0.431 e. The van der Waals surface area contributed by atoms with Gasteiger partial charge in [0.05, 0.1) is 13.7 Å². The van der Waals surface area contributed by atoms with Gasteiger partial charge in [0.25, 0.3) is 0 Å². The standard InChI is InChI=1S/C22H26N4O3/c1-28-20-9-7-19(8-10-20)26-21(22(27)29-24-26)15-23-18-11-13-25(14-12-18)16-17-5-3-2-4-6-17/h2-10,18,23H,11-16H2,1H3/p+1. The molecule has 7 nitrogen and oxygen atoms in total. The maximum atomic E-state index is 12.2. The van der Waals surface area contributed by atoms with Crippen LogP contribution in [0.2, 0.25) is 0 Å². The summed E-state index contributed by atoms with van der Waals surface area (Å²) in [5, 5.41) is 6.22. The molecule has 0 unspecified atom stereocenters. The van der Waals surface area contributed by atoms with Crippen LogP contribution in [0.15, 0.2) is 63.9 Å². The second kappa shape index (κ2) is 9.07. The Hall–Kier alpha value is -2.90. The predicted molar refractivity (Wildman–Crippen MR) is 109 cm³/mol. The Morgan fingerprint density at radius 3 is 2.55 bits per heavy atom. The molecule has 0 amide bonds. The van der Waals surface area contributed by atoms with Gasteiger partial charge in [0.2, 0.25) is 5.69 Å². The molecule has 1 aliphatic heterocycles. The van der Waals surface area contributed by atoms with Crippen molar-refractivity contribution in [3.8, 4) is 11.4 Å². The third-order valence-corrected chi connectivity index (χ3v) is 5.46. The van der Waals surface area contributed by atoms with E-state index in [1.54, 1.807) is 11.8 Å².